The maximum absolute atomic E-state index is 12.2. The molecule has 1 aromatic heterocycles. The van der Waals surface area contributed by atoms with Crippen LogP contribution in [0, 0.1) is 5.92 Å². The molecule has 2 N–H and O–H groups in total. The van der Waals surface area contributed by atoms with Crippen molar-refractivity contribution in [1.82, 2.24) is 15.2 Å². The van der Waals surface area contributed by atoms with Crippen LogP contribution in [0.4, 0.5) is 5.82 Å². The molecule has 0 aliphatic carbocycles. The van der Waals surface area contributed by atoms with E-state index in [0.717, 1.165) is 45.0 Å². The highest BCUT2D eigenvalue weighted by atomic mass is 16.1. The molecule has 0 radical (unpaired) electrons. The molecule has 1 unspecified atom stereocenters. The van der Waals surface area contributed by atoms with Gasteiger partial charge in [-0.15, -0.1) is 0 Å². The number of carbonyl (C=O) groups is 1. The third kappa shape index (κ3) is 4.70. The van der Waals surface area contributed by atoms with Gasteiger partial charge in [-0.3, -0.25) is 4.79 Å². The second kappa shape index (κ2) is 7.98. The number of pyridine rings is 1. The van der Waals surface area contributed by atoms with Gasteiger partial charge in [-0.25, -0.2) is 4.98 Å². The van der Waals surface area contributed by atoms with Gasteiger partial charge in [0.2, 0.25) is 0 Å². The van der Waals surface area contributed by atoms with E-state index in [9.17, 15) is 4.79 Å². The van der Waals surface area contributed by atoms with E-state index >= 15 is 0 Å². The van der Waals surface area contributed by atoms with Crippen LogP contribution in [0.1, 0.15) is 37.0 Å². The van der Waals surface area contributed by atoms with E-state index in [1.807, 2.05) is 6.07 Å². The fourth-order valence-electron chi connectivity index (χ4n) is 2.63. The summed E-state index contributed by atoms with van der Waals surface area (Å²) in [7, 11) is 0. The zero-order valence-corrected chi connectivity index (χ0v) is 13.1. The monoisotopic (exact) mass is 290 g/mol. The van der Waals surface area contributed by atoms with E-state index in [1.165, 1.54) is 6.42 Å². The van der Waals surface area contributed by atoms with E-state index in [2.05, 4.69) is 34.4 Å². The molecule has 1 aliphatic rings. The molecule has 5 heteroatoms. The van der Waals surface area contributed by atoms with Crippen LogP contribution in [0.5, 0.6) is 0 Å². The SMILES string of the molecule is CCCNc1cc(C(=O)NCC2CCN(CC)C2)ccn1. The van der Waals surface area contributed by atoms with Gasteiger partial charge in [-0.2, -0.15) is 0 Å². The Morgan fingerprint density at radius 3 is 3.05 bits per heavy atom. The highest BCUT2D eigenvalue weighted by Gasteiger charge is 2.21. The number of aromatic nitrogens is 1. The fourth-order valence-corrected chi connectivity index (χ4v) is 2.63. The number of rotatable bonds is 7. The summed E-state index contributed by atoms with van der Waals surface area (Å²) in [4.78, 5) is 18.8. The first-order valence-electron chi connectivity index (χ1n) is 7.93. The van der Waals surface area contributed by atoms with Gasteiger partial charge in [0.15, 0.2) is 0 Å². The predicted molar refractivity (Wildman–Crippen MR) is 85.6 cm³/mol. The number of likely N-dealkylation sites (tertiary alicyclic amines) is 1. The summed E-state index contributed by atoms with van der Waals surface area (Å²) in [6.45, 7) is 9.25. The smallest absolute Gasteiger partial charge is 0.251 e. The molecule has 2 heterocycles. The normalized spacial score (nSPS) is 18.7. The molecule has 0 saturated carbocycles. The van der Waals surface area contributed by atoms with Crippen LogP contribution in [0.15, 0.2) is 18.3 Å². The van der Waals surface area contributed by atoms with Crippen molar-refractivity contribution in [1.29, 1.82) is 0 Å². The summed E-state index contributed by atoms with van der Waals surface area (Å²) < 4.78 is 0. The number of nitrogens with zero attached hydrogens (tertiary/aromatic N) is 2. The minimum Gasteiger partial charge on any atom is -0.370 e. The number of hydrogen-bond donors (Lipinski definition) is 2. The van der Waals surface area contributed by atoms with Crippen LogP contribution in [0.3, 0.4) is 0 Å². The van der Waals surface area contributed by atoms with Crippen molar-refractivity contribution in [2.75, 3.05) is 38.0 Å². The summed E-state index contributed by atoms with van der Waals surface area (Å²) in [5.74, 6) is 1.34. The van der Waals surface area contributed by atoms with E-state index in [-0.39, 0.29) is 5.91 Å². The van der Waals surface area contributed by atoms with Crippen molar-refractivity contribution >= 4 is 11.7 Å². The number of amides is 1. The van der Waals surface area contributed by atoms with E-state index in [0.29, 0.717) is 11.5 Å². The second-order valence-corrected chi connectivity index (χ2v) is 5.61. The Kier molecular flexibility index (Phi) is 5.99. The molecule has 1 fully saturated rings. The quantitative estimate of drug-likeness (QED) is 0.806. The highest BCUT2D eigenvalue weighted by molar-refractivity contribution is 5.94. The topological polar surface area (TPSA) is 57.3 Å². The molecule has 21 heavy (non-hydrogen) atoms. The average Bonchev–Trinajstić information content (AvgIpc) is 2.99. The molecule has 1 atom stereocenters. The Balaban J connectivity index is 1.83. The molecule has 0 bridgehead atoms. The van der Waals surface area contributed by atoms with Gasteiger partial charge in [0.05, 0.1) is 0 Å². The summed E-state index contributed by atoms with van der Waals surface area (Å²) in [5, 5.41) is 6.25. The molecule has 5 nitrogen and oxygen atoms in total. The molecule has 0 spiro atoms. The lowest BCUT2D eigenvalue weighted by molar-refractivity contribution is 0.0947. The largest absolute Gasteiger partial charge is 0.370 e. The Bertz CT molecular complexity index is 463. The fraction of sp³-hybridized carbons (Fsp3) is 0.625. The maximum atomic E-state index is 12.2. The Morgan fingerprint density at radius 1 is 1.48 bits per heavy atom. The molecule has 1 amide bonds. The minimum atomic E-state index is -0.00750. The van der Waals surface area contributed by atoms with E-state index in [1.54, 1.807) is 12.3 Å². The lowest BCUT2D eigenvalue weighted by Crippen LogP contribution is -2.31. The standard InChI is InChI=1S/C16H26N4O/c1-3-7-17-15-10-14(5-8-18-15)16(21)19-11-13-6-9-20(4-2)12-13/h5,8,10,13H,3-4,6-7,9,11-12H2,1-2H3,(H,17,18)(H,19,21). The number of hydrogen-bond acceptors (Lipinski definition) is 4. The first-order chi connectivity index (χ1) is 10.2. The molecule has 2 rings (SSSR count). The summed E-state index contributed by atoms with van der Waals surface area (Å²) in [6, 6.07) is 3.58. The molecule has 1 aliphatic heterocycles. The van der Waals surface area contributed by atoms with Crippen molar-refractivity contribution < 1.29 is 4.79 Å². The first kappa shape index (κ1) is 15.8. The molecule has 1 aromatic rings. The summed E-state index contributed by atoms with van der Waals surface area (Å²) >= 11 is 0. The van der Waals surface area contributed by atoms with Crippen LogP contribution in [0.25, 0.3) is 0 Å². The third-order valence-corrected chi connectivity index (χ3v) is 3.95. The van der Waals surface area contributed by atoms with E-state index < -0.39 is 0 Å². The zero-order chi connectivity index (χ0) is 15.1. The highest BCUT2D eigenvalue weighted by Crippen LogP contribution is 2.15. The van der Waals surface area contributed by atoms with Gasteiger partial charge < -0.3 is 15.5 Å². The van der Waals surface area contributed by atoms with Crippen LogP contribution >= 0.6 is 0 Å². The zero-order valence-electron chi connectivity index (χ0n) is 13.1. The third-order valence-electron chi connectivity index (χ3n) is 3.95. The van der Waals surface area contributed by atoms with Crippen molar-refractivity contribution in [3.8, 4) is 0 Å². The molecule has 116 valence electrons. The van der Waals surface area contributed by atoms with E-state index in [4.69, 9.17) is 0 Å². The molecule has 0 aromatic carbocycles. The van der Waals surface area contributed by atoms with Crippen molar-refractivity contribution in [2.24, 2.45) is 5.92 Å². The first-order valence-corrected chi connectivity index (χ1v) is 7.93. The Hall–Kier alpha value is -1.62. The predicted octanol–water partition coefficient (Wildman–Crippen LogP) is 1.98. The van der Waals surface area contributed by atoms with Gasteiger partial charge in [-0.05, 0) is 44.0 Å². The lowest BCUT2D eigenvalue weighted by Gasteiger charge is -2.14. The van der Waals surface area contributed by atoms with Crippen LogP contribution in [0.2, 0.25) is 0 Å². The molecular weight excluding hydrogens is 264 g/mol. The minimum absolute atomic E-state index is 0.00750. The van der Waals surface area contributed by atoms with Crippen molar-refractivity contribution in [3.05, 3.63) is 23.9 Å². The summed E-state index contributed by atoms with van der Waals surface area (Å²) in [5.41, 5.74) is 0.675. The Morgan fingerprint density at radius 2 is 2.33 bits per heavy atom. The van der Waals surface area contributed by atoms with Crippen LogP contribution in [-0.4, -0.2) is 48.5 Å². The maximum Gasteiger partial charge on any atom is 0.251 e. The van der Waals surface area contributed by atoms with Gasteiger partial charge in [-0.1, -0.05) is 13.8 Å². The van der Waals surface area contributed by atoms with Gasteiger partial charge in [0.1, 0.15) is 5.82 Å². The van der Waals surface area contributed by atoms with Gasteiger partial charge in [0.25, 0.3) is 5.91 Å². The van der Waals surface area contributed by atoms with Crippen LogP contribution in [-0.2, 0) is 0 Å². The Labute approximate surface area is 127 Å². The number of nitrogens with one attached hydrogen (secondary N) is 2. The van der Waals surface area contributed by atoms with Crippen molar-refractivity contribution in [3.63, 3.8) is 0 Å². The van der Waals surface area contributed by atoms with Gasteiger partial charge >= 0.3 is 0 Å². The molecule has 1 saturated heterocycles. The summed E-state index contributed by atoms with van der Waals surface area (Å²) in [6.07, 6.45) is 3.89. The number of carbonyl (C=O) groups excluding carboxylic acids is 1. The number of anilines is 1. The second-order valence-electron chi connectivity index (χ2n) is 5.61. The average molecular weight is 290 g/mol. The lowest BCUT2D eigenvalue weighted by atomic mass is 10.1. The van der Waals surface area contributed by atoms with Crippen LogP contribution < -0.4 is 10.6 Å². The van der Waals surface area contributed by atoms with Gasteiger partial charge in [0, 0.05) is 31.4 Å². The molecular formula is C16H26N4O. The van der Waals surface area contributed by atoms with Crippen molar-refractivity contribution in [2.45, 2.75) is 26.7 Å².